The first-order chi connectivity index (χ1) is 6.84. The average molecular weight is 188 g/mol. The van der Waals surface area contributed by atoms with Crippen LogP contribution in [0.25, 0.3) is 0 Å². The summed E-state index contributed by atoms with van der Waals surface area (Å²) >= 11 is 0. The van der Waals surface area contributed by atoms with Gasteiger partial charge < -0.3 is 5.32 Å². The van der Waals surface area contributed by atoms with Crippen LogP contribution in [-0.4, -0.2) is 11.5 Å². The highest BCUT2D eigenvalue weighted by Crippen LogP contribution is 2.07. The second kappa shape index (κ2) is 6.17. The molecular weight excluding hydrogens is 172 g/mol. The number of rotatable bonds is 5. The van der Waals surface area contributed by atoms with Gasteiger partial charge in [-0.05, 0) is 32.0 Å². The molecule has 0 aliphatic carbocycles. The molecule has 0 saturated carbocycles. The van der Waals surface area contributed by atoms with E-state index >= 15 is 0 Å². The third kappa shape index (κ3) is 3.59. The van der Waals surface area contributed by atoms with Gasteiger partial charge in [0, 0.05) is 18.7 Å². The Balaban J connectivity index is 2.29. The van der Waals surface area contributed by atoms with E-state index in [0.717, 1.165) is 25.1 Å². The van der Waals surface area contributed by atoms with Crippen molar-refractivity contribution in [3.63, 3.8) is 0 Å². The molecule has 0 fully saturated rings. The molecule has 0 bridgehead atoms. The van der Waals surface area contributed by atoms with Crippen LogP contribution in [0.4, 0.5) is 0 Å². The number of pyridine rings is 1. The number of aromatic nitrogens is 1. The predicted molar refractivity (Wildman–Crippen MR) is 58.7 cm³/mol. The molecule has 2 nitrogen and oxygen atoms in total. The van der Waals surface area contributed by atoms with Crippen molar-refractivity contribution in [3.8, 4) is 12.3 Å². The van der Waals surface area contributed by atoms with E-state index < -0.39 is 0 Å². The van der Waals surface area contributed by atoms with Gasteiger partial charge in [-0.1, -0.05) is 6.07 Å². The van der Waals surface area contributed by atoms with E-state index in [2.05, 4.69) is 23.1 Å². The zero-order valence-electron chi connectivity index (χ0n) is 8.53. The SMILES string of the molecule is C#CCCCNC(C)c1ccccn1. The Morgan fingerprint density at radius 2 is 2.43 bits per heavy atom. The van der Waals surface area contributed by atoms with Crippen molar-refractivity contribution < 1.29 is 0 Å². The molecule has 1 heterocycles. The minimum atomic E-state index is 0.300. The number of unbranched alkanes of at least 4 members (excludes halogenated alkanes) is 1. The van der Waals surface area contributed by atoms with Crippen molar-refractivity contribution in [3.05, 3.63) is 30.1 Å². The molecule has 1 N–H and O–H groups in total. The van der Waals surface area contributed by atoms with Gasteiger partial charge in [-0.25, -0.2) is 0 Å². The molecule has 74 valence electrons. The zero-order valence-corrected chi connectivity index (χ0v) is 8.53. The lowest BCUT2D eigenvalue weighted by Crippen LogP contribution is -2.20. The summed E-state index contributed by atoms with van der Waals surface area (Å²) in [6.45, 7) is 3.06. The van der Waals surface area contributed by atoms with Crippen LogP contribution in [0.2, 0.25) is 0 Å². The number of hydrogen-bond acceptors (Lipinski definition) is 2. The fourth-order valence-electron chi connectivity index (χ4n) is 1.25. The second-order valence-corrected chi connectivity index (χ2v) is 3.24. The van der Waals surface area contributed by atoms with Crippen molar-refractivity contribution in [2.24, 2.45) is 0 Å². The van der Waals surface area contributed by atoms with Gasteiger partial charge in [0.1, 0.15) is 0 Å². The standard InChI is InChI=1S/C12H16N2/c1-3-4-6-9-13-11(2)12-8-5-7-10-14-12/h1,5,7-8,10-11,13H,4,6,9H2,2H3. The number of terminal acetylenes is 1. The van der Waals surface area contributed by atoms with Crippen LogP contribution in [0.3, 0.4) is 0 Å². The number of nitrogens with zero attached hydrogens (tertiary/aromatic N) is 1. The highest BCUT2D eigenvalue weighted by atomic mass is 14.9. The van der Waals surface area contributed by atoms with Crippen molar-refractivity contribution >= 4 is 0 Å². The lowest BCUT2D eigenvalue weighted by atomic mass is 10.2. The molecule has 1 rings (SSSR count). The van der Waals surface area contributed by atoms with Crippen LogP contribution >= 0.6 is 0 Å². The quantitative estimate of drug-likeness (QED) is 0.565. The maximum Gasteiger partial charge on any atom is 0.0570 e. The molecule has 1 aromatic heterocycles. The van der Waals surface area contributed by atoms with E-state index in [1.165, 1.54) is 0 Å². The topological polar surface area (TPSA) is 24.9 Å². The maximum atomic E-state index is 5.17. The van der Waals surface area contributed by atoms with Gasteiger partial charge in [-0.2, -0.15) is 0 Å². The lowest BCUT2D eigenvalue weighted by molar-refractivity contribution is 0.551. The number of nitrogens with one attached hydrogen (secondary N) is 1. The highest BCUT2D eigenvalue weighted by Gasteiger charge is 2.03. The largest absolute Gasteiger partial charge is 0.309 e. The van der Waals surface area contributed by atoms with E-state index in [4.69, 9.17) is 6.42 Å². The molecule has 0 aliphatic heterocycles. The average Bonchev–Trinajstić information content (AvgIpc) is 2.25. The summed E-state index contributed by atoms with van der Waals surface area (Å²) in [6.07, 6.45) is 8.84. The smallest absolute Gasteiger partial charge is 0.0570 e. The molecular formula is C12H16N2. The van der Waals surface area contributed by atoms with Crippen LogP contribution in [0.15, 0.2) is 24.4 Å². The summed E-state index contributed by atoms with van der Waals surface area (Å²) in [5.41, 5.74) is 1.08. The van der Waals surface area contributed by atoms with Crippen LogP contribution in [0.1, 0.15) is 31.5 Å². The molecule has 0 aliphatic rings. The highest BCUT2D eigenvalue weighted by molar-refractivity contribution is 5.07. The minimum absolute atomic E-state index is 0.300. The van der Waals surface area contributed by atoms with Crippen molar-refractivity contribution in [2.45, 2.75) is 25.8 Å². The number of hydrogen-bond donors (Lipinski definition) is 1. The Hall–Kier alpha value is -1.33. The van der Waals surface area contributed by atoms with Crippen molar-refractivity contribution in [2.75, 3.05) is 6.54 Å². The summed E-state index contributed by atoms with van der Waals surface area (Å²) in [7, 11) is 0. The monoisotopic (exact) mass is 188 g/mol. The lowest BCUT2D eigenvalue weighted by Gasteiger charge is -2.12. The first kappa shape index (κ1) is 10.7. The molecule has 14 heavy (non-hydrogen) atoms. The summed E-state index contributed by atoms with van der Waals surface area (Å²) in [6, 6.07) is 6.25. The van der Waals surface area contributed by atoms with E-state index in [1.807, 2.05) is 24.4 Å². The maximum absolute atomic E-state index is 5.17. The van der Waals surface area contributed by atoms with Gasteiger partial charge in [-0.15, -0.1) is 12.3 Å². The molecule has 2 heteroatoms. The predicted octanol–water partition coefficient (Wildman–Crippen LogP) is 2.15. The fourth-order valence-corrected chi connectivity index (χ4v) is 1.25. The fraction of sp³-hybridized carbons (Fsp3) is 0.417. The van der Waals surface area contributed by atoms with Gasteiger partial charge in [-0.3, -0.25) is 4.98 Å². The summed E-state index contributed by atoms with van der Waals surface area (Å²) in [5.74, 6) is 2.63. The third-order valence-corrected chi connectivity index (χ3v) is 2.08. The first-order valence-electron chi connectivity index (χ1n) is 4.92. The van der Waals surface area contributed by atoms with Crippen LogP contribution in [-0.2, 0) is 0 Å². The van der Waals surface area contributed by atoms with Gasteiger partial charge in [0.15, 0.2) is 0 Å². The Bertz CT molecular complexity index is 287. The Morgan fingerprint density at radius 3 is 3.07 bits per heavy atom. The van der Waals surface area contributed by atoms with Crippen LogP contribution in [0, 0.1) is 12.3 Å². The van der Waals surface area contributed by atoms with Crippen LogP contribution in [0.5, 0.6) is 0 Å². The van der Waals surface area contributed by atoms with E-state index in [1.54, 1.807) is 0 Å². The molecule has 0 spiro atoms. The van der Waals surface area contributed by atoms with E-state index in [-0.39, 0.29) is 0 Å². The molecule has 0 aromatic carbocycles. The van der Waals surface area contributed by atoms with Crippen LogP contribution < -0.4 is 5.32 Å². The summed E-state index contributed by atoms with van der Waals surface area (Å²) in [5, 5.41) is 3.38. The molecule has 1 atom stereocenters. The second-order valence-electron chi connectivity index (χ2n) is 3.24. The molecule has 0 saturated heterocycles. The molecule has 1 aromatic rings. The summed E-state index contributed by atoms with van der Waals surface area (Å²) < 4.78 is 0. The van der Waals surface area contributed by atoms with Crippen molar-refractivity contribution in [1.82, 2.24) is 10.3 Å². The molecule has 0 radical (unpaired) electrons. The minimum Gasteiger partial charge on any atom is -0.309 e. The van der Waals surface area contributed by atoms with E-state index in [0.29, 0.717) is 6.04 Å². The Morgan fingerprint density at radius 1 is 1.57 bits per heavy atom. The summed E-state index contributed by atoms with van der Waals surface area (Å²) in [4.78, 5) is 4.27. The van der Waals surface area contributed by atoms with Gasteiger partial charge in [0.2, 0.25) is 0 Å². The van der Waals surface area contributed by atoms with E-state index in [9.17, 15) is 0 Å². The Kier molecular flexibility index (Phi) is 4.74. The Labute approximate surface area is 85.8 Å². The van der Waals surface area contributed by atoms with Gasteiger partial charge in [0.25, 0.3) is 0 Å². The van der Waals surface area contributed by atoms with Gasteiger partial charge >= 0.3 is 0 Å². The molecule has 1 unspecified atom stereocenters. The zero-order chi connectivity index (χ0) is 10.2. The third-order valence-electron chi connectivity index (χ3n) is 2.08. The normalized spacial score (nSPS) is 12.0. The first-order valence-corrected chi connectivity index (χ1v) is 4.92. The molecule has 0 amide bonds. The van der Waals surface area contributed by atoms with Gasteiger partial charge in [0.05, 0.1) is 5.69 Å². The van der Waals surface area contributed by atoms with Crippen molar-refractivity contribution in [1.29, 1.82) is 0 Å².